The second-order valence-electron chi connectivity index (χ2n) is 5.71. The summed E-state index contributed by atoms with van der Waals surface area (Å²) in [5.74, 6) is 0. The number of hydrogen-bond acceptors (Lipinski definition) is 2. The van der Waals surface area contributed by atoms with Crippen LogP contribution in [0.5, 0.6) is 0 Å². The highest BCUT2D eigenvalue weighted by Crippen LogP contribution is 2.28. The molecule has 1 saturated carbocycles. The number of hydrogen-bond donors (Lipinski definition) is 1. The summed E-state index contributed by atoms with van der Waals surface area (Å²) in [5, 5.41) is 0. The van der Waals surface area contributed by atoms with Crippen molar-refractivity contribution in [3.63, 3.8) is 0 Å². The molecule has 1 aliphatic rings. The fraction of sp³-hybridized carbons (Fsp3) is 1.00. The maximum absolute atomic E-state index is 6.00. The molecule has 1 aliphatic carbocycles. The van der Waals surface area contributed by atoms with Crippen LogP contribution in [0.2, 0.25) is 0 Å². The first-order chi connectivity index (χ1) is 7.64. The second-order valence-corrected chi connectivity index (χ2v) is 5.71. The van der Waals surface area contributed by atoms with Crippen molar-refractivity contribution in [3.05, 3.63) is 0 Å². The zero-order valence-corrected chi connectivity index (χ0v) is 11.5. The van der Waals surface area contributed by atoms with E-state index in [1.54, 1.807) is 0 Å². The Labute approximate surface area is 102 Å². The normalized spacial score (nSPS) is 23.1. The van der Waals surface area contributed by atoms with Gasteiger partial charge in [0.2, 0.25) is 0 Å². The Morgan fingerprint density at radius 2 is 1.75 bits per heavy atom. The van der Waals surface area contributed by atoms with Crippen LogP contribution in [-0.4, -0.2) is 30.1 Å². The van der Waals surface area contributed by atoms with Crippen molar-refractivity contribution in [1.29, 1.82) is 0 Å². The van der Waals surface area contributed by atoms with Crippen LogP contribution in [0.4, 0.5) is 0 Å². The first-order valence-electron chi connectivity index (χ1n) is 7.07. The predicted molar refractivity (Wildman–Crippen MR) is 71.6 cm³/mol. The van der Waals surface area contributed by atoms with Crippen molar-refractivity contribution in [3.8, 4) is 0 Å². The lowest BCUT2D eigenvalue weighted by Gasteiger charge is -2.43. The summed E-state index contributed by atoms with van der Waals surface area (Å²) in [6.45, 7) is 5.38. The van der Waals surface area contributed by atoms with Crippen LogP contribution in [0.3, 0.4) is 0 Å². The first-order valence-corrected chi connectivity index (χ1v) is 7.07. The monoisotopic (exact) mass is 226 g/mol. The van der Waals surface area contributed by atoms with E-state index in [1.165, 1.54) is 51.4 Å². The van der Waals surface area contributed by atoms with Gasteiger partial charge in [0.25, 0.3) is 0 Å². The standard InChI is InChI=1S/C14H30N2/c1-4-11-14(2,12-15)16(3)13-9-7-5-6-8-10-13/h13H,4-12,15H2,1-3H3. The number of nitrogens with two attached hydrogens (primary N) is 1. The van der Waals surface area contributed by atoms with Crippen LogP contribution in [0.15, 0.2) is 0 Å². The minimum Gasteiger partial charge on any atom is -0.329 e. The van der Waals surface area contributed by atoms with Gasteiger partial charge in [-0.25, -0.2) is 0 Å². The van der Waals surface area contributed by atoms with Gasteiger partial charge in [-0.1, -0.05) is 39.0 Å². The van der Waals surface area contributed by atoms with Gasteiger partial charge in [0.1, 0.15) is 0 Å². The van der Waals surface area contributed by atoms with E-state index < -0.39 is 0 Å². The predicted octanol–water partition coefficient (Wildman–Crippen LogP) is 3.16. The smallest absolute Gasteiger partial charge is 0.0303 e. The molecule has 1 fully saturated rings. The minimum atomic E-state index is 0.212. The minimum absolute atomic E-state index is 0.212. The molecule has 2 heteroatoms. The molecule has 0 aromatic heterocycles. The van der Waals surface area contributed by atoms with Crippen LogP contribution < -0.4 is 5.73 Å². The quantitative estimate of drug-likeness (QED) is 0.730. The molecule has 0 aromatic rings. The van der Waals surface area contributed by atoms with Crippen molar-refractivity contribution in [2.45, 2.75) is 76.8 Å². The molecule has 1 rings (SSSR count). The Morgan fingerprint density at radius 1 is 1.19 bits per heavy atom. The van der Waals surface area contributed by atoms with Crippen molar-refractivity contribution >= 4 is 0 Å². The Hall–Kier alpha value is -0.0800. The molecule has 2 N–H and O–H groups in total. The van der Waals surface area contributed by atoms with E-state index in [1.807, 2.05) is 0 Å². The largest absolute Gasteiger partial charge is 0.329 e. The molecular weight excluding hydrogens is 196 g/mol. The third-order valence-corrected chi connectivity index (χ3v) is 4.45. The summed E-state index contributed by atoms with van der Waals surface area (Å²) in [4.78, 5) is 2.59. The number of nitrogens with zero attached hydrogens (tertiary/aromatic N) is 1. The lowest BCUT2D eigenvalue weighted by atomic mass is 9.91. The molecule has 16 heavy (non-hydrogen) atoms. The van der Waals surface area contributed by atoms with Crippen LogP contribution >= 0.6 is 0 Å². The summed E-state index contributed by atoms with van der Waals surface area (Å²) >= 11 is 0. The zero-order valence-electron chi connectivity index (χ0n) is 11.5. The third-order valence-electron chi connectivity index (χ3n) is 4.45. The van der Waals surface area contributed by atoms with Gasteiger partial charge < -0.3 is 5.73 Å². The molecule has 0 aliphatic heterocycles. The fourth-order valence-corrected chi connectivity index (χ4v) is 3.05. The van der Waals surface area contributed by atoms with Gasteiger partial charge in [-0.05, 0) is 33.2 Å². The lowest BCUT2D eigenvalue weighted by molar-refractivity contribution is 0.0748. The van der Waals surface area contributed by atoms with Gasteiger partial charge >= 0.3 is 0 Å². The molecule has 0 radical (unpaired) electrons. The average molecular weight is 226 g/mol. The third kappa shape index (κ3) is 3.46. The highest BCUT2D eigenvalue weighted by atomic mass is 15.2. The molecule has 1 unspecified atom stereocenters. The lowest BCUT2D eigenvalue weighted by Crippen LogP contribution is -2.53. The highest BCUT2D eigenvalue weighted by molar-refractivity contribution is 4.89. The zero-order chi connectivity index (χ0) is 12.0. The van der Waals surface area contributed by atoms with Crippen molar-refractivity contribution in [2.24, 2.45) is 5.73 Å². The van der Waals surface area contributed by atoms with Gasteiger partial charge in [-0.2, -0.15) is 0 Å². The number of likely N-dealkylation sites (N-methyl/N-ethyl adjacent to an activating group) is 1. The Balaban J connectivity index is 2.61. The Morgan fingerprint density at radius 3 is 2.19 bits per heavy atom. The summed E-state index contributed by atoms with van der Waals surface area (Å²) in [6.07, 6.45) is 10.9. The van der Waals surface area contributed by atoms with Gasteiger partial charge in [0.05, 0.1) is 0 Å². The summed E-state index contributed by atoms with van der Waals surface area (Å²) < 4.78 is 0. The maximum atomic E-state index is 6.00. The van der Waals surface area contributed by atoms with Gasteiger partial charge in [-0.3, -0.25) is 4.90 Å². The molecular formula is C14H30N2. The van der Waals surface area contributed by atoms with Crippen LogP contribution in [0.25, 0.3) is 0 Å². The summed E-state index contributed by atoms with van der Waals surface area (Å²) in [5.41, 5.74) is 6.21. The molecule has 0 saturated heterocycles. The van der Waals surface area contributed by atoms with E-state index in [-0.39, 0.29) is 5.54 Å². The first kappa shape index (κ1) is 14.0. The Kier molecular flexibility index (Phi) is 5.77. The fourth-order valence-electron chi connectivity index (χ4n) is 3.05. The van der Waals surface area contributed by atoms with Crippen LogP contribution in [0, 0.1) is 0 Å². The topological polar surface area (TPSA) is 29.3 Å². The highest BCUT2D eigenvalue weighted by Gasteiger charge is 2.31. The summed E-state index contributed by atoms with van der Waals surface area (Å²) in [6, 6.07) is 0.766. The van der Waals surface area contributed by atoms with Crippen LogP contribution in [-0.2, 0) is 0 Å². The SMILES string of the molecule is CCCC(C)(CN)N(C)C1CCCCCC1. The second kappa shape index (κ2) is 6.61. The number of rotatable bonds is 5. The van der Waals surface area contributed by atoms with E-state index in [9.17, 15) is 0 Å². The van der Waals surface area contributed by atoms with E-state index in [0.717, 1.165) is 12.6 Å². The van der Waals surface area contributed by atoms with Crippen LogP contribution in [0.1, 0.15) is 65.2 Å². The molecule has 0 heterocycles. The molecule has 1 atom stereocenters. The molecule has 0 aromatic carbocycles. The van der Waals surface area contributed by atoms with E-state index in [0.29, 0.717) is 0 Å². The average Bonchev–Trinajstić information content (AvgIpc) is 2.56. The Bertz CT molecular complexity index is 185. The summed E-state index contributed by atoms with van der Waals surface area (Å²) in [7, 11) is 2.29. The van der Waals surface area contributed by atoms with E-state index in [4.69, 9.17) is 5.73 Å². The van der Waals surface area contributed by atoms with E-state index >= 15 is 0 Å². The molecule has 0 bridgehead atoms. The molecule has 0 spiro atoms. The van der Waals surface area contributed by atoms with Gasteiger partial charge in [0.15, 0.2) is 0 Å². The molecule has 0 amide bonds. The molecule has 2 nitrogen and oxygen atoms in total. The van der Waals surface area contributed by atoms with Crippen molar-refractivity contribution in [1.82, 2.24) is 4.90 Å². The van der Waals surface area contributed by atoms with Gasteiger partial charge in [-0.15, -0.1) is 0 Å². The van der Waals surface area contributed by atoms with Crippen molar-refractivity contribution in [2.75, 3.05) is 13.6 Å². The maximum Gasteiger partial charge on any atom is 0.0303 e. The van der Waals surface area contributed by atoms with E-state index in [2.05, 4.69) is 25.8 Å². The molecule has 96 valence electrons. The van der Waals surface area contributed by atoms with Crippen molar-refractivity contribution < 1.29 is 0 Å². The van der Waals surface area contributed by atoms with Gasteiger partial charge in [0, 0.05) is 18.1 Å².